The number of benzene rings is 3. The van der Waals surface area contributed by atoms with Crippen molar-refractivity contribution in [3.05, 3.63) is 100 Å². The molecule has 4 rings (SSSR count). The van der Waals surface area contributed by atoms with Crippen LogP contribution >= 0.6 is 0 Å². The molecular weight excluding hydrogens is 491 g/mol. The number of rotatable bonds is 6. The largest absolute Gasteiger partial charge is 0.491 e. The molecule has 0 aliphatic carbocycles. The van der Waals surface area contributed by atoms with Crippen LogP contribution in [0.25, 0.3) is 0 Å². The van der Waals surface area contributed by atoms with Crippen LogP contribution in [0.3, 0.4) is 0 Å². The van der Waals surface area contributed by atoms with Gasteiger partial charge in [-0.3, -0.25) is 9.69 Å². The van der Waals surface area contributed by atoms with Crippen molar-refractivity contribution < 1.29 is 18.7 Å². The minimum absolute atomic E-state index is 0.164. The summed E-state index contributed by atoms with van der Waals surface area (Å²) in [6, 6.07) is 20.8. The van der Waals surface area contributed by atoms with Gasteiger partial charge in [-0.25, -0.2) is 4.39 Å². The number of carbonyl (C=O) groups excluding carboxylic acids is 1. The van der Waals surface area contributed by atoms with E-state index in [1.54, 1.807) is 12.1 Å². The summed E-state index contributed by atoms with van der Waals surface area (Å²) in [6.07, 6.45) is 0.657. The van der Waals surface area contributed by atoms with E-state index in [0.717, 1.165) is 36.5 Å². The molecule has 2 bridgehead atoms. The molecule has 1 heterocycles. The first kappa shape index (κ1) is 28.8. The highest BCUT2D eigenvalue weighted by Gasteiger charge is 2.23. The van der Waals surface area contributed by atoms with Crippen molar-refractivity contribution in [2.45, 2.75) is 46.1 Å². The molecule has 0 saturated heterocycles. The predicted molar refractivity (Wildman–Crippen MR) is 154 cm³/mol. The highest BCUT2D eigenvalue weighted by molar-refractivity contribution is 5.94. The zero-order valence-electron chi connectivity index (χ0n) is 23.6. The Morgan fingerprint density at radius 3 is 2.59 bits per heavy atom. The maximum atomic E-state index is 13.8. The molecule has 1 N–H and O–H groups in total. The second-order valence-electron chi connectivity index (χ2n) is 11.5. The molecule has 208 valence electrons. The van der Waals surface area contributed by atoms with E-state index in [2.05, 4.69) is 48.3 Å². The summed E-state index contributed by atoms with van der Waals surface area (Å²) >= 11 is 0. The van der Waals surface area contributed by atoms with Crippen LogP contribution < -0.4 is 10.1 Å². The molecule has 0 unspecified atom stereocenters. The zero-order valence-corrected chi connectivity index (χ0v) is 23.6. The summed E-state index contributed by atoms with van der Waals surface area (Å²) in [5.41, 5.74) is 4.40. The van der Waals surface area contributed by atoms with E-state index in [1.165, 1.54) is 23.3 Å². The van der Waals surface area contributed by atoms with Gasteiger partial charge in [0, 0.05) is 43.6 Å². The SMILES string of the molecule is CC(C)CN1CCOCCOc2ccc(C(=O)NCC(C)(C)c3cccc(F)c3)cc2Cc2cccc(c2)C1. The lowest BCUT2D eigenvalue weighted by Gasteiger charge is -2.26. The number of nitrogens with zero attached hydrogens (tertiary/aromatic N) is 1. The number of hydrogen-bond donors (Lipinski definition) is 1. The van der Waals surface area contributed by atoms with Crippen molar-refractivity contribution in [2.24, 2.45) is 5.92 Å². The van der Waals surface area contributed by atoms with Crippen LogP contribution in [0.15, 0.2) is 66.7 Å². The summed E-state index contributed by atoms with van der Waals surface area (Å²) in [5, 5.41) is 3.05. The monoisotopic (exact) mass is 532 g/mol. The Hall–Kier alpha value is -3.22. The Morgan fingerprint density at radius 2 is 1.79 bits per heavy atom. The quantitative estimate of drug-likeness (QED) is 0.424. The van der Waals surface area contributed by atoms with Gasteiger partial charge in [0.1, 0.15) is 18.2 Å². The molecule has 0 fully saturated rings. The topological polar surface area (TPSA) is 50.8 Å². The summed E-state index contributed by atoms with van der Waals surface area (Å²) in [4.78, 5) is 15.6. The number of nitrogens with one attached hydrogen (secondary N) is 1. The van der Waals surface area contributed by atoms with Gasteiger partial charge in [-0.05, 0) is 58.5 Å². The summed E-state index contributed by atoms with van der Waals surface area (Å²) < 4.78 is 25.7. The maximum absolute atomic E-state index is 13.8. The van der Waals surface area contributed by atoms with Crippen molar-refractivity contribution in [1.82, 2.24) is 10.2 Å². The average Bonchev–Trinajstić information content (AvgIpc) is 2.89. The Bertz CT molecular complexity index is 1260. The Balaban J connectivity index is 1.53. The third kappa shape index (κ3) is 8.38. The molecule has 1 aliphatic heterocycles. The molecule has 1 amide bonds. The number of hydrogen-bond acceptors (Lipinski definition) is 4. The molecular formula is C33H41FN2O3. The summed E-state index contributed by atoms with van der Waals surface area (Å²) in [7, 11) is 0. The van der Waals surface area contributed by atoms with E-state index in [4.69, 9.17) is 9.47 Å². The van der Waals surface area contributed by atoms with E-state index in [-0.39, 0.29) is 11.7 Å². The standard InChI is InChI=1S/C33H41FN2O3/c1-24(2)21-36-13-14-38-15-16-39-31-12-11-27(19-28(31)18-25-7-5-8-26(17-25)22-36)32(37)35-23-33(3,4)29-9-6-10-30(34)20-29/h5-12,17,19-20,24H,13-16,18,21-23H2,1-4H3,(H,35,37). The van der Waals surface area contributed by atoms with Gasteiger partial charge in [0.2, 0.25) is 0 Å². The number of fused-ring (bicyclic) bond motifs is 3. The fraction of sp³-hybridized carbons (Fsp3) is 0.424. The molecule has 0 radical (unpaired) electrons. The molecule has 0 saturated carbocycles. The molecule has 1 aliphatic rings. The van der Waals surface area contributed by atoms with Crippen LogP contribution in [0.2, 0.25) is 0 Å². The van der Waals surface area contributed by atoms with Gasteiger partial charge in [-0.1, -0.05) is 64.1 Å². The van der Waals surface area contributed by atoms with Crippen LogP contribution in [-0.4, -0.2) is 50.3 Å². The van der Waals surface area contributed by atoms with E-state index in [1.807, 2.05) is 32.0 Å². The Labute approximate surface area is 232 Å². The highest BCUT2D eigenvalue weighted by Crippen LogP contribution is 2.26. The van der Waals surface area contributed by atoms with Crippen molar-refractivity contribution in [3.63, 3.8) is 0 Å². The van der Waals surface area contributed by atoms with Crippen LogP contribution in [0, 0.1) is 11.7 Å². The first-order valence-corrected chi connectivity index (χ1v) is 13.9. The molecule has 0 aromatic heterocycles. The van der Waals surface area contributed by atoms with Crippen molar-refractivity contribution >= 4 is 5.91 Å². The summed E-state index contributed by atoms with van der Waals surface area (Å²) in [5.74, 6) is 0.897. The molecule has 0 atom stereocenters. The lowest BCUT2D eigenvalue weighted by molar-refractivity contribution is 0.0746. The van der Waals surface area contributed by atoms with Gasteiger partial charge in [0.15, 0.2) is 0 Å². The predicted octanol–water partition coefficient (Wildman–Crippen LogP) is 5.99. The smallest absolute Gasteiger partial charge is 0.251 e. The van der Waals surface area contributed by atoms with Gasteiger partial charge in [-0.2, -0.15) is 0 Å². The number of carbonyl (C=O) groups is 1. The molecule has 0 spiro atoms. The van der Waals surface area contributed by atoms with Gasteiger partial charge in [-0.15, -0.1) is 0 Å². The minimum Gasteiger partial charge on any atom is -0.491 e. The first-order chi connectivity index (χ1) is 18.7. The Morgan fingerprint density at radius 1 is 1.00 bits per heavy atom. The van der Waals surface area contributed by atoms with E-state index in [9.17, 15) is 9.18 Å². The van der Waals surface area contributed by atoms with E-state index < -0.39 is 5.41 Å². The zero-order chi connectivity index (χ0) is 27.8. The number of amides is 1. The third-order valence-electron chi connectivity index (χ3n) is 7.07. The van der Waals surface area contributed by atoms with Crippen molar-refractivity contribution in [2.75, 3.05) is 39.5 Å². The number of ether oxygens (including phenoxy) is 2. The Kier molecular flexibility index (Phi) is 9.76. The second kappa shape index (κ2) is 13.2. The molecule has 3 aromatic carbocycles. The second-order valence-corrected chi connectivity index (χ2v) is 11.5. The maximum Gasteiger partial charge on any atom is 0.251 e. The first-order valence-electron chi connectivity index (χ1n) is 13.9. The van der Waals surface area contributed by atoms with Crippen LogP contribution in [0.5, 0.6) is 5.75 Å². The van der Waals surface area contributed by atoms with Crippen molar-refractivity contribution in [1.29, 1.82) is 0 Å². The van der Waals surface area contributed by atoms with Gasteiger partial charge in [0.25, 0.3) is 5.91 Å². The van der Waals surface area contributed by atoms with Crippen LogP contribution in [0.1, 0.15) is 60.3 Å². The third-order valence-corrected chi connectivity index (χ3v) is 7.07. The fourth-order valence-corrected chi connectivity index (χ4v) is 4.99. The molecule has 39 heavy (non-hydrogen) atoms. The molecule has 5 nitrogen and oxygen atoms in total. The molecule has 3 aromatic rings. The molecule has 6 heteroatoms. The van der Waals surface area contributed by atoms with Gasteiger partial charge < -0.3 is 14.8 Å². The minimum atomic E-state index is -0.418. The number of halogens is 1. The van der Waals surface area contributed by atoms with Crippen LogP contribution in [-0.2, 0) is 23.1 Å². The van der Waals surface area contributed by atoms with Gasteiger partial charge in [0.05, 0.1) is 13.2 Å². The van der Waals surface area contributed by atoms with E-state index >= 15 is 0 Å². The van der Waals surface area contributed by atoms with Crippen LogP contribution in [0.4, 0.5) is 4.39 Å². The average molecular weight is 533 g/mol. The lowest BCUT2D eigenvalue weighted by Crippen LogP contribution is -2.36. The van der Waals surface area contributed by atoms with E-state index in [0.29, 0.717) is 44.3 Å². The lowest BCUT2D eigenvalue weighted by atomic mass is 9.84. The van der Waals surface area contributed by atoms with Gasteiger partial charge >= 0.3 is 0 Å². The van der Waals surface area contributed by atoms with Crippen molar-refractivity contribution in [3.8, 4) is 5.75 Å². The summed E-state index contributed by atoms with van der Waals surface area (Å²) in [6.45, 7) is 13.3. The normalized spacial score (nSPS) is 15.2. The highest BCUT2D eigenvalue weighted by atomic mass is 19.1. The fourth-order valence-electron chi connectivity index (χ4n) is 4.99.